The summed E-state index contributed by atoms with van der Waals surface area (Å²) in [6.07, 6.45) is 2.81. The molecule has 0 aromatic heterocycles. The van der Waals surface area contributed by atoms with Crippen LogP contribution in [0, 0.1) is 0 Å². The van der Waals surface area contributed by atoms with Gasteiger partial charge in [0.15, 0.2) is 4.32 Å². The number of ether oxygens (including phenoxy) is 1. The molecule has 0 bridgehead atoms. The number of benzene rings is 2. The molecule has 4 nitrogen and oxygen atoms in total. The van der Waals surface area contributed by atoms with Crippen LogP contribution in [0.1, 0.15) is 35.3 Å². The molecular formula is C21H19NO3S2. The SMILES string of the molecule is CCOC(=O)c1cccc(N2C(=O)/C(=C\c3ccc(CC)cc3)SC2=S)c1. The van der Waals surface area contributed by atoms with Crippen LogP contribution in [0.15, 0.2) is 53.4 Å². The molecule has 0 radical (unpaired) electrons. The van der Waals surface area contributed by atoms with Gasteiger partial charge < -0.3 is 4.74 Å². The van der Waals surface area contributed by atoms with Gasteiger partial charge in [-0.3, -0.25) is 9.69 Å². The van der Waals surface area contributed by atoms with Gasteiger partial charge in [0.1, 0.15) is 0 Å². The van der Waals surface area contributed by atoms with Crippen LogP contribution in [-0.2, 0) is 16.0 Å². The first-order valence-electron chi connectivity index (χ1n) is 8.67. The number of aryl methyl sites for hydroxylation is 1. The van der Waals surface area contributed by atoms with E-state index < -0.39 is 5.97 Å². The molecule has 0 unspecified atom stereocenters. The van der Waals surface area contributed by atoms with Crippen molar-refractivity contribution in [3.05, 3.63) is 70.1 Å². The fourth-order valence-corrected chi connectivity index (χ4v) is 3.98. The maximum atomic E-state index is 12.9. The summed E-state index contributed by atoms with van der Waals surface area (Å²) in [6, 6.07) is 14.8. The summed E-state index contributed by atoms with van der Waals surface area (Å²) in [5, 5.41) is 0. The van der Waals surface area contributed by atoms with Crippen molar-refractivity contribution < 1.29 is 14.3 Å². The zero-order valence-electron chi connectivity index (χ0n) is 15.1. The highest BCUT2D eigenvalue weighted by Gasteiger charge is 2.33. The van der Waals surface area contributed by atoms with E-state index in [9.17, 15) is 9.59 Å². The monoisotopic (exact) mass is 397 g/mol. The Morgan fingerprint density at radius 2 is 1.93 bits per heavy atom. The standard InChI is InChI=1S/C21H19NO3S2/c1-3-14-8-10-15(11-9-14)12-18-19(23)22(21(26)27-18)17-7-5-6-16(13-17)20(24)25-4-2/h5-13H,3-4H2,1-2H3/b18-12+. The smallest absolute Gasteiger partial charge is 0.338 e. The molecule has 0 atom stereocenters. The summed E-state index contributed by atoms with van der Waals surface area (Å²) in [7, 11) is 0. The van der Waals surface area contributed by atoms with E-state index >= 15 is 0 Å². The minimum absolute atomic E-state index is 0.189. The Kier molecular flexibility index (Phi) is 6.08. The Balaban J connectivity index is 1.86. The number of carbonyl (C=O) groups is 2. The van der Waals surface area contributed by atoms with E-state index in [1.165, 1.54) is 22.2 Å². The summed E-state index contributed by atoms with van der Waals surface area (Å²) in [6.45, 7) is 4.15. The minimum Gasteiger partial charge on any atom is -0.462 e. The Morgan fingerprint density at radius 1 is 1.19 bits per heavy atom. The predicted octanol–water partition coefficient (Wildman–Crippen LogP) is 4.83. The molecule has 1 aliphatic heterocycles. The number of hydrogen-bond acceptors (Lipinski definition) is 5. The van der Waals surface area contributed by atoms with Crippen molar-refractivity contribution in [3.8, 4) is 0 Å². The summed E-state index contributed by atoms with van der Waals surface area (Å²) >= 11 is 6.66. The van der Waals surface area contributed by atoms with Gasteiger partial charge in [0.25, 0.3) is 5.91 Å². The van der Waals surface area contributed by atoms with Crippen molar-refractivity contribution >= 4 is 51.9 Å². The Labute approximate surface area is 168 Å². The van der Waals surface area contributed by atoms with Gasteiger partial charge in [-0.1, -0.05) is 61.2 Å². The molecule has 0 aliphatic carbocycles. The molecule has 2 aromatic carbocycles. The van der Waals surface area contributed by atoms with E-state index in [1.54, 1.807) is 31.2 Å². The van der Waals surface area contributed by atoms with Crippen LogP contribution in [0.25, 0.3) is 6.08 Å². The summed E-state index contributed by atoms with van der Waals surface area (Å²) in [4.78, 5) is 26.9. The molecule has 138 valence electrons. The van der Waals surface area contributed by atoms with E-state index in [2.05, 4.69) is 19.1 Å². The van der Waals surface area contributed by atoms with Gasteiger partial charge >= 0.3 is 5.97 Å². The van der Waals surface area contributed by atoms with E-state index in [4.69, 9.17) is 17.0 Å². The second-order valence-electron chi connectivity index (χ2n) is 5.88. The first-order valence-corrected chi connectivity index (χ1v) is 9.90. The van der Waals surface area contributed by atoms with Crippen LogP contribution >= 0.6 is 24.0 Å². The summed E-state index contributed by atoms with van der Waals surface area (Å²) < 4.78 is 5.47. The third-order valence-corrected chi connectivity index (χ3v) is 5.40. The molecule has 1 fully saturated rings. The van der Waals surface area contributed by atoms with Crippen molar-refractivity contribution in [2.75, 3.05) is 11.5 Å². The van der Waals surface area contributed by atoms with Gasteiger partial charge in [-0.25, -0.2) is 4.79 Å². The number of nitrogens with zero attached hydrogens (tertiary/aromatic N) is 1. The summed E-state index contributed by atoms with van der Waals surface area (Å²) in [5.74, 6) is -0.609. The van der Waals surface area contributed by atoms with Gasteiger partial charge in [-0.2, -0.15) is 0 Å². The molecule has 1 heterocycles. The van der Waals surface area contributed by atoms with Crippen LogP contribution in [0.4, 0.5) is 5.69 Å². The average molecular weight is 398 g/mol. The highest BCUT2D eigenvalue weighted by molar-refractivity contribution is 8.27. The quantitative estimate of drug-likeness (QED) is 0.411. The molecule has 6 heteroatoms. The van der Waals surface area contributed by atoms with Crippen molar-refractivity contribution in [1.29, 1.82) is 0 Å². The lowest BCUT2D eigenvalue weighted by Gasteiger charge is -2.15. The van der Waals surface area contributed by atoms with Gasteiger partial charge in [-0.05, 0) is 48.7 Å². The molecule has 0 saturated carbocycles. The second kappa shape index (κ2) is 8.50. The lowest BCUT2D eigenvalue weighted by Crippen LogP contribution is -2.27. The Hall–Kier alpha value is -2.44. The lowest BCUT2D eigenvalue weighted by molar-refractivity contribution is -0.113. The highest BCUT2D eigenvalue weighted by Crippen LogP contribution is 2.36. The molecule has 1 amide bonds. The Bertz CT molecular complexity index is 919. The molecule has 0 spiro atoms. The lowest BCUT2D eigenvalue weighted by atomic mass is 10.1. The van der Waals surface area contributed by atoms with Crippen molar-refractivity contribution in [2.24, 2.45) is 0 Å². The summed E-state index contributed by atoms with van der Waals surface area (Å²) in [5.41, 5.74) is 3.15. The fourth-order valence-electron chi connectivity index (χ4n) is 2.68. The number of anilines is 1. The van der Waals surface area contributed by atoms with Crippen LogP contribution in [0.5, 0.6) is 0 Å². The van der Waals surface area contributed by atoms with Crippen LogP contribution < -0.4 is 4.90 Å². The number of esters is 1. The van der Waals surface area contributed by atoms with Crippen LogP contribution in [0.3, 0.4) is 0 Å². The largest absolute Gasteiger partial charge is 0.462 e. The molecule has 1 aliphatic rings. The van der Waals surface area contributed by atoms with Crippen molar-refractivity contribution in [2.45, 2.75) is 20.3 Å². The van der Waals surface area contributed by atoms with E-state index in [-0.39, 0.29) is 5.91 Å². The average Bonchev–Trinajstić information content (AvgIpc) is 2.96. The van der Waals surface area contributed by atoms with Crippen LogP contribution in [-0.4, -0.2) is 22.8 Å². The number of amides is 1. The number of thioether (sulfide) groups is 1. The Morgan fingerprint density at radius 3 is 2.59 bits per heavy atom. The number of hydrogen-bond donors (Lipinski definition) is 0. The maximum absolute atomic E-state index is 12.9. The molecule has 0 N–H and O–H groups in total. The zero-order chi connectivity index (χ0) is 19.4. The van der Waals surface area contributed by atoms with E-state index in [0.29, 0.717) is 27.1 Å². The third-order valence-electron chi connectivity index (χ3n) is 4.09. The third kappa shape index (κ3) is 4.28. The fraction of sp³-hybridized carbons (Fsp3) is 0.190. The van der Waals surface area contributed by atoms with E-state index in [0.717, 1.165) is 12.0 Å². The molecule has 1 saturated heterocycles. The van der Waals surface area contributed by atoms with Gasteiger partial charge in [0.2, 0.25) is 0 Å². The van der Waals surface area contributed by atoms with Crippen LogP contribution in [0.2, 0.25) is 0 Å². The van der Waals surface area contributed by atoms with Crippen molar-refractivity contribution in [3.63, 3.8) is 0 Å². The number of carbonyl (C=O) groups excluding carboxylic acids is 2. The molecule has 27 heavy (non-hydrogen) atoms. The van der Waals surface area contributed by atoms with Crippen molar-refractivity contribution in [1.82, 2.24) is 0 Å². The maximum Gasteiger partial charge on any atom is 0.338 e. The topological polar surface area (TPSA) is 46.6 Å². The number of rotatable bonds is 5. The first-order chi connectivity index (χ1) is 13.0. The first kappa shape index (κ1) is 19.3. The normalized spacial score (nSPS) is 15.5. The molecular weight excluding hydrogens is 378 g/mol. The predicted molar refractivity (Wildman–Crippen MR) is 114 cm³/mol. The molecule has 2 aromatic rings. The highest BCUT2D eigenvalue weighted by atomic mass is 32.2. The number of thiocarbonyl (C=S) groups is 1. The minimum atomic E-state index is -0.420. The van der Waals surface area contributed by atoms with Gasteiger partial charge in [-0.15, -0.1) is 0 Å². The van der Waals surface area contributed by atoms with E-state index in [1.807, 2.05) is 18.2 Å². The molecule has 3 rings (SSSR count). The second-order valence-corrected chi connectivity index (χ2v) is 7.56. The van der Waals surface area contributed by atoms with Gasteiger partial charge in [0, 0.05) is 0 Å². The van der Waals surface area contributed by atoms with Gasteiger partial charge in [0.05, 0.1) is 22.8 Å². The zero-order valence-corrected chi connectivity index (χ0v) is 16.7.